The topological polar surface area (TPSA) is 118 Å². The van der Waals surface area contributed by atoms with Crippen LogP contribution in [0.2, 0.25) is 0 Å². The second-order valence-electron chi connectivity index (χ2n) is 10.6. The summed E-state index contributed by atoms with van der Waals surface area (Å²) in [5.41, 5.74) is 1.23. The number of nitrogens with one attached hydrogen (secondary N) is 1. The van der Waals surface area contributed by atoms with Crippen molar-refractivity contribution in [3.8, 4) is 11.3 Å². The summed E-state index contributed by atoms with van der Waals surface area (Å²) in [5.74, 6) is -0.888. The van der Waals surface area contributed by atoms with Crippen LogP contribution in [0.15, 0.2) is 36.7 Å². The van der Waals surface area contributed by atoms with E-state index in [0.717, 1.165) is 11.8 Å². The second-order valence-corrected chi connectivity index (χ2v) is 10.6. The molecule has 3 aromatic heterocycles. The molecule has 2 N–H and O–H groups in total. The normalized spacial score (nSPS) is 18.0. The molecule has 1 aromatic carbocycles. The average Bonchev–Trinajstić information content (AvgIpc) is 3.22. The molecule has 210 valence electrons. The maximum atomic E-state index is 15.0. The minimum Gasteiger partial charge on any atom is -0.481 e. The quantitative estimate of drug-likeness (QED) is 0.316. The first-order valence-corrected chi connectivity index (χ1v) is 13.0. The van der Waals surface area contributed by atoms with Crippen molar-refractivity contribution in [2.45, 2.75) is 52.3 Å². The summed E-state index contributed by atoms with van der Waals surface area (Å²) < 4.78 is 37.4. The lowest BCUT2D eigenvalue weighted by Gasteiger charge is -2.39. The van der Waals surface area contributed by atoms with Crippen LogP contribution in [0.5, 0.6) is 0 Å². The van der Waals surface area contributed by atoms with Crippen molar-refractivity contribution in [3.63, 3.8) is 0 Å². The van der Waals surface area contributed by atoms with E-state index in [0.29, 0.717) is 43.4 Å². The van der Waals surface area contributed by atoms with Gasteiger partial charge in [0.15, 0.2) is 11.6 Å². The molecule has 1 aliphatic rings. The second kappa shape index (κ2) is 10.9. The summed E-state index contributed by atoms with van der Waals surface area (Å²) in [6.45, 7) is 9.79. The van der Waals surface area contributed by atoms with E-state index in [4.69, 9.17) is 4.74 Å². The van der Waals surface area contributed by atoms with Crippen LogP contribution in [0.4, 0.5) is 20.5 Å². The summed E-state index contributed by atoms with van der Waals surface area (Å²) in [6, 6.07) is 6.61. The van der Waals surface area contributed by atoms with Crippen molar-refractivity contribution in [1.82, 2.24) is 29.4 Å². The van der Waals surface area contributed by atoms with Gasteiger partial charge in [-0.2, -0.15) is 0 Å². The Bertz CT molecular complexity index is 1560. The zero-order valence-corrected chi connectivity index (χ0v) is 22.8. The number of halogens is 2. The predicted octanol–water partition coefficient (Wildman–Crippen LogP) is 4.87. The summed E-state index contributed by atoms with van der Waals surface area (Å²) in [5, 5.41) is 12.2. The lowest BCUT2D eigenvalue weighted by Crippen LogP contribution is -2.50. The Kier molecular flexibility index (Phi) is 7.47. The number of fused-ring (bicyclic) bond motifs is 1. The zero-order chi connectivity index (χ0) is 28.6. The number of anilines is 2. The van der Waals surface area contributed by atoms with Crippen LogP contribution < -0.4 is 5.32 Å². The first-order valence-electron chi connectivity index (χ1n) is 13.0. The number of rotatable bonds is 8. The summed E-state index contributed by atoms with van der Waals surface area (Å²) in [4.78, 5) is 30.4. The van der Waals surface area contributed by atoms with Gasteiger partial charge in [-0.25, -0.2) is 28.7 Å². The molecule has 10 nitrogen and oxygen atoms in total. The third kappa shape index (κ3) is 5.77. The largest absolute Gasteiger partial charge is 0.481 e. The van der Waals surface area contributed by atoms with Crippen LogP contribution in [-0.4, -0.2) is 65.8 Å². The number of hydrogen-bond donors (Lipinski definition) is 2. The molecule has 4 aromatic rings. The first-order chi connectivity index (χ1) is 19.0. The maximum absolute atomic E-state index is 15.0. The molecular formula is C28H31F2N7O3. The number of carboxylic acid groups (broad SMARTS) is 1. The van der Waals surface area contributed by atoms with Gasteiger partial charge in [0.05, 0.1) is 30.3 Å². The SMILES string of the molecule is Cc1nc2c(F)cc(-c3nc(Nc4ccc(CN5CCOC(C)(CC(=O)O)C5)cn4)ncc3F)cc2n1C(C)C. The van der Waals surface area contributed by atoms with Crippen LogP contribution in [0, 0.1) is 18.6 Å². The lowest BCUT2D eigenvalue weighted by molar-refractivity contribution is -0.151. The molecular weight excluding hydrogens is 520 g/mol. The van der Waals surface area contributed by atoms with Gasteiger partial charge in [0.1, 0.15) is 22.9 Å². The van der Waals surface area contributed by atoms with Gasteiger partial charge in [-0.15, -0.1) is 0 Å². The van der Waals surface area contributed by atoms with E-state index in [1.165, 1.54) is 6.07 Å². The highest BCUT2D eigenvalue weighted by Gasteiger charge is 2.34. The number of nitrogens with zero attached hydrogens (tertiary/aromatic N) is 6. The van der Waals surface area contributed by atoms with Crippen molar-refractivity contribution in [2.75, 3.05) is 25.0 Å². The molecule has 1 fully saturated rings. The van der Waals surface area contributed by atoms with E-state index in [9.17, 15) is 18.7 Å². The van der Waals surface area contributed by atoms with Crippen LogP contribution in [0.3, 0.4) is 0 Å². The molecule has 0 amide bonds. The number of aromatic nitrogens is 5. The number of hydrogen-bond acceptors (Lipinski definition) is 8. The van der Waals surface area contributed by atoms with Gasteiger partial charge in [-0.1, -0.05) is 6.07 Å². The molecule has 5 rings (SSSR count). The van der Waals surface area contributed by atoms with Crippen LogP contribution in [-0.2, 0) is 16.1 Å². The summed E-state index contributed by atoms with van der Waals surface area (Å²) in [7, 11) is 0. The molecule has 0 aliphatic carbocycles. The molecule has 4 heterocycles. The Hall–Kier alpha value is -4.03. The zero-order valence-electron chi connectivity index (χ0n) is 22.8. The highest BCUT2D eigenvalue weighted by molar-refractivity contribution is 5.83. The van der Waals surface area contributed by atoms with Crippen LogP contribution in [0.25, 0.3) is 22.3 Å². The monoisotopic (exact) mass is 551 g/mol. The van der Waals surface area contributed by atoms with E-state index in [1.807, 2.05) is 38.3 Å². The number of carbonyl (C=O) groups is 1. The molecule has 40 heavy (non-hydrogen) atoms. The fourth-order valence-electron chi connectivity index (χ4n) is 5.23. The molecule has 1 saturated heterocycles. The van der Waals surface area contributed by atoms with Gasteiger partial charge in [0, 0.05) is 37.4 Å². The number of carboxylic acids is 1. The van der Waals surface area contributed by atoms with Gasteiger partial charge in [0.25, 0.3) is 0 Å². The van der Waals surface area contributed by atoms with Gasteiger partial charge in [-0.05, 0) is 51.5 Å². The maximum Gasteiger partial charge on any atom is 0.306 e. The Balaban J connectivity index is 1.33. The van der Waals surface area contributed by atoms with E-state index in [2.05, 4.69) is 30.2 Å². The number of aryl methyl sites for hydroxylation is 1. The van der Waals surface area contributed by atoms with Crippen molar-refractivity contribution in [3.05, 3.63) is 59.7 Å². The molecule has 0 saturated carbocycles. The molecule has 12 heteroatoms. The van der Waals surface area contributed by atoms with E-state index >= 15 is 0 Å². The van der Waals surface area contributed by atoms with Crippen molar-refractivity contribution in [2.24, 2.45) is 0 Å². The van der Waals surface area contributed by atoms with E-state index in [1.54, 1.807) is 18.3 Å². The minimum absolute atomic E-state index is 0.0404. The highest BCUT2D eigenvalue weighted by atomic mass is 19.1. The fourth-order valence-corrected chi connectivity index (χ4v) is 5.23. The third-order valence-corrected chi connectivity index (χ3v) is 6.87. The van der Waals surface area contributed by atoms with Gasteiger partial charge >= 0.3 is 5.97 Å². The van der Waals surface area contributed by atoms with Gasteiger partial charge in [0.2, 0.25) is 5.95 Å². The Labute approximate surface area is 230 Å². The van der Waals surface area contributed by atoms with Gasteiger partial charge < -0.3 is 19.7 Å². The average molecular weight is 552 g/mol. The van der Waals surface area contributed by atoms with Crippen molar-refractivity contribution < 1.29 is 23.4 Å². The molecule has 0 radical (unpaired) electrons. The number of benzene rings is 1. The lowest BCUT2D eigenvalue weighted by atomic mass is 9.99. The number of ether oxygens (including phenoxy) is 1. The summed E-state index contributed by atoms with van der Waals surface area (Å²) >= 11 is 0. The molecule has 0 spiro atoms. The van der Waals surface area contributed by atoms with Crippen LogP contribution >= 0.6 is 0 Å². The number of aliphatic carboxylic acids is 1. The number of morpholine rings is 1. The first kappa shape index (κ1) is 27.5. The highest BCUT2D eigenvalue weighted by Crippen LogP contribution is 2.30. The Morgan fingerprint density at radius 2 is 1.98 bits per heavy atom. The van der Waals surface area contributed by atoms with Crippen LogP contribution in [0.1, 0.15) is 44.6 Å². The number of pyridine rings is 1. The Morgan fingerprint density at radius 3 is 2.67 bits per heavy atom. The molecule has 1 atom stereocenters. The summed E-state index contributed by atoms with van der Waals surface area (Å²) in [6.07, 6.45) is 2.68. The van der Waals surface area contributed by atoms with E-state index in [-0.39, 0.29) is 35.2 Å². The third-order valence-electron chi connectivity index (χ3n) is 6.87. The fraction of sp³-hybridized carbons (Fsp3) is 0.393. The number of imidazole rings is 1. The molecule has 0 bridgehead atoms. The predicted molar refractivity (Wildman–Crippen MR) is 145 cm³/mol. The van der Waals surface area contributed by atoms with Crippen molar-refractivity contribution in [1.29, 1.82) is 0 Å². The van der Waals surface area contributed by atoms with Crippen molar-refractivity contribution >= 4 is 28.8 Å². The Morgan fingerprint density at radius 1 is 1.18 bits per heavy atom. The van der Waals surface area contributed by atoms with Gasteiger partial charge in [-0.3, -0.25) is 9.69 Å². The standard InChI is InChI=1S/C28H31F2N7O3/c1-16(2)37-17(3)33-26-20(29)9-19(10-22(26)37)25-21(30)13-32-27(35-25)34-23-6-5-18(12-31-23)14-36-7-8-40-28(4,15-36)11-24(38)39/h5-6,9-10,12-13,16H,7-8,11,14-15H2,1-4H3,(H,38,39)(H,31,32,34,35). The minimum atomic E-state index is -0.893. The smallest absolute Gasteiger partial charge is 0.306 e. The molecule has 1 aliphatic heterocycles. The van der Waals surface area contributed by atoms with E-state index < -0.39 is 23.2 Å². The molecule has 1 unspecified atom stereocenters.